The second kappa shape index (κ2) is 16.1. The largest absolute Gasteiger partial charge is 0.507 e. The Bertz CT molecular complexity index is 1970. The molecule has 4 heterocycles. The number of likely N-dealkylation sites (tertiary alicyclic amines) is 1. The van der Waals surface area contributed by atoms with Gasteiger partial charge in [0.15, 0.2) is 5.82 Å². The summed E-state index contributed by atoms with van der Waals surface area (Å²) in [6, 6.07) is 14.6. The van der Waals surface area contributed by atoms with Crippen LogP contribution < -0.4 is 21.3 Å². The molecule has 4 atom stereocenters. The van der Waals surface area contributed by atoms with Crippen molar-refractivity contribution < 1.29 is 24.6 Å². The number of nitrogens with two attached hydrogens (primary N) is 1. The molecule has 0 aliphatic carbocycles. The lowest BCUT2D eigenvalue weighted by molar-refractivity contribution is -0.144. The van der Waals surface area contributed by atoms with Crippen LogP contribution in [0.2, 0.25) is 0 Å². The summed E-state index contributed by atoms with van der Waals surface area (Å²) < 4.78 is 0. The van der Waals surface area contributed by atoms with Crippen LogP contribution in [0, 0.1) is 18.3 Å². The highest BCUT2D eigenvalue weighted by molar-refractivity contribution is 7.13. The molecule has 2 aromatic heterocycles. The van der Waals surface area contributed by atoms with Gasteiger partial charge in [0, 0.05) is 38.0 Å². The molecule has 2 aromatic carbocycles. The summed E-state index contributed by atoms with van der Waals surface area (Å²) in [7, 11) is 0. The van der Waals surface area contributed by atoms with Gasteiger partial charge in [0.25, 0.3) is 0 Å². The minimum Gasteiger partial charge on any atom is -0.507 e. The fourth-order valence-corrected chi connectivity index (χ4v) is 8.15. The molecule has 4 aromatic rings. The van der Waals surface area contributed by atoms with E-state index in [1.807, 2.05) is 76.5 Å². The number of aliphatic hydroxyl groups is 1. The van der Waals surface area contributed by atoms with Crippen molar-refractivity contribution in [1.82, 2.24) is 30.7 Å². The van der Waals surface area contributed by atoms with Crippen LogP contribution in [-0.4, -0.2) is 85.8 Å². The maximum absolute atomic E-state index is 14.2. The van der Waals surface area contributed by atoms with Crippen molar-refractivity contribution in [2.45, 2.75) is 84.5 Å². The topological polar surface area (TPSA) is 187 Å². The first kappa shape index (κ1) is 38.6. The number of hydrogen-bond acceptors (Lipinski definition) is 11. The molecule has 14 heteroatoms. The Kier molecular flexibility index (Phi) is 11.5. The molecule has 0 spiro atoms. The number of β-amino-alcohol motifs (C(OH)–C–C–N with tert-alkyl or cyclic N) is 1. The van der Waals surface area contributed by atoms with E-state index >= 15 is 0 Å². The molecular weight excluding hydrogens is 705 g/mol. The Balaban J connectivity index is 1.06. The molecular formula is C40H50N8O5S. The average Bonchev–Trinajstić information content (AvgIpc) is 3.76. The molecule has 286 valence electrons. The molecule has 2 aliphatic heterocycles. The van der Waals surface area contributed by atoms with Crippen LogP contribution in [0.3, 0.4) is 0 Å². The zero-order valence-electron chi connectivity index (χ0n) is 31.5. The number of rotatable bonds is 10. The monoisotopic (exact) mass is 754 g/mol. The number of aromatic nitrogens is 3. The number of aliphatic hydroxyl groups excluding tert-OH is 1. The predicted molar refractivity (Wildman–Crippen MR) is 209 cm³/mol. The third-order valence-corrected chi connectivity index (χ3v) is 11.4. The van der Waals surface area contributed by atoms with E-state index in [-0.39, 0.29) is 54.8 Å². The fourth-order valence-electron chi connectivity index (χ4n) is 7.34. The van der Waals surface area contributed by atoms with E-state index < -0.39 is 23.6 Å². The molecule has 1 unspecified atom stereocenters. The summed E-state index contributed by atoms with van der Waals surface area (Å²) in [6.45, 7) is 10.8. The number of carbonyl (C=O) groups is 3. The molecule has 0 radical (unpaired) electrons. The van der Waals surface area contributed by atoms with Gasteiger partial charge in [0.05, 0.1) is 39.6 Å². The Labute approximate surface area is 320 Å². The first-order valence-corrected chi connectivity index (χ1v) is 19.3. The number of nitrogens with one attached hydrogen (secondary N) is 2. The Morgan fingerprint density at radius 2 is 1.74 bits per heavy atom. The molecule has 13 nitrogen and oxygen atoms in total. The molecule has 2 fully saturated rings. The molecule has 2 aliphatic rings. The number of amides is 3. The van der Waals surface area contributed by atoms with Gasteiger partial charge in [0.1, 0.15) is 17.8 Å². The van der Waals surface area contributed by atoms with Gasteiger partial charge in [-0.05, 0) is 67.3 Å². The number of nitrogen functional groups attached to an aromatic ring is 1. The summed E-state index contributed by atoms with van der Waals surface area (Å²) in [4.78, 5) is 50.3. The minimum absolute atomic E-state index is 0.00765. The standard InChI is InChI=1S/C40H50N8O5S/c1-23(26-10-12-27(13-11-26)35-24(2)42-22-54-35)43-38(52)32-19-28(49)21-48(32)39(53)36(40(3,4)5)44-34(51)18-25-14-16-47(17-15-25)31-20-30(45-46-37(31)41)29-8-6-7-9-33(29)50/h6-13,20,22-23,25,28,32,36,49-50H,14-19,21H2,1-5H3,(H2,41,46)(H,43,52)(H,44,51)/t23-,28+,32-,36?/m0/s1. The van der Waals surface area contributed by atoms with Gasteiger partial charge < -0.3 is 36.4 Å². The van der Waals surface area contributed by atoms with Crippen LogP contribution in [0.5, 0.6) is 5.75 Å². The van der Waals surface area contributed by atoms with E-state index in [4.69, 9.17) is 5.73 Å². The third-order valence-electron chi connectivity index (χ3n) is 10.5. The quantitative estimate of drug-likeness (QED) is 0.150. The highest BCUT2D eigenvalue weighted by Gasteiger charge is 2.45. The molecule has 2 saturated heterocycles. The Morgan fingerprint density at radius 1 is 1.04 bits per heavy atom. The lowest BCUT2D eigenvalue weighted by Crippen LogP contribution is -2.58. The Hall–Kier alpha value is -5.08. The van der Waals surface area contributed by atoms with E-state index in [1.54, 1.807) is 29.5 Å². The SMILES string of the molecule is Cc1ncsc1-c1ccc([C@H](C)NC(=O)[C@@H]2C[C@@H](O)CN2C(=O)C(NC(=O)CC2CCN(c3cc(-c4ccccc4O)nnc3N)CC2)C(C)(C)C)cc1. The molecule has 0 bridgehead atoms. The van der Waals surface area contributed by atoms with Crippen LogP contribution in [0.4, 0.5) is 11.5 Å². The van der Waals surface area contributed by atoms with Crippen LogP contribution in [0.1, 0.15) is 70.7 Å². The van der Waals surface area contributed by atoms with Crippen molar-refractivity contribution >= 4 is 40.6 Å². The normalized spacial score (nSPS) is 19.0. The number of piperidine rings is 1. The van der Waals surface area contributed by atoms with Crippen LogP contribution >= 0.6 is 11.3 Å². The van der Waals surface area contributed by atoms with Gasteiger partial charge in [-0.15, -0.1) is 21.5 Å². The average molecular weight is 755 g/mol. The number of para-hydroxylation sites is 1. The van der Waals surface area contributed by atoms with Crippen molar-refractivity contribution in [3.63, 3.8) is 0 Å². The number of phenolic OH excluding ortho intramolecular Hbond substituents is 1. The van der Waals surface area contributed by atoms with Gasteiger partial charge in [0.2, 0.25) is 17.7 Å². The van der Waals surface area contributed by atoms with Gasteiger partial charge in [-0.1, -0.05) is 57.2 Å². The number of phenols is 1. The van der Waals surface area contributed by atoms with Crippen molar-refractivity contribution in [3.05, 3.63) is 71.4 Å². The van der Waals surface area contributed by atoms with E-state index in [1.165, 1.54) is 4.90 Å². The van der Waals surface area contributed by atoms with Crippen molar-refractivity contribution in [2.24, 2.45) is 11.3 Å². The molecule has 6 rings (SSSR count). The number of aromatic hydroxyl groups is 1. The van der Waals surface area contributed by atoms with Gasteiger partial charge in [-0.25, -0.2) is 4.98 Å². The van der Waals surface area contributed by atoms with Gasteiger partial charge in [-0.2, -0.15) is 0 Å². The lowest BCUT2D eigenvalue weighted by Gasteiger charge is -2.36. The summed E-state index contributed by atoms with van der Waals surface area (Å²) in [5.74, 6) is -0.492. The Morgan fingerprint density at radius 3 is 2.39 bits per heavy atom. The maximum atomic E-state index is 14.2. The lowest BCUT2D eigenvalue weighted by atomic mass is 9.85. The number of carbonyl (C=O) groups excluding carboxylic acids is 3. The number of thiazole rings is 1. The first-order valence-electron chi connectivity index (χ1n) is 18.4. The summed E-state index contributed by atoms with van der Waals surface area (Å²) >= 11 is 1.58. The number of aryl methyl sites for hydroxylation is 1. The fraction of sp³-hybridized carbons (Fsp3) is 0.450. The zero-order chi connectivity index (χ0) is 38.7. The van der Waals surface area contributed by atoms with E-state index in [2.05, 4.69) is 30.7 Å². The van der Waals surface area contributed by atoms with Crippen molar-refractivity contribution in [1.29, 1.82) is 0 Å². The van der Waals surface area contributed by atoms with Gasteiger partial charge in [-0.3, -0.25) is 14.4 Å². The number of hydrogen-bond donors (Lipinski definition) is 5. The van der Waals surface area contributed by atoms with Crippen molar-refractivity contribution in [2.75, 3.05) is 30.3 Å². The second-order valence-corrected chi connectivity index (χ2v) is 16.4. The number of anilines is 2. The van der Waals surface area contributed by atoms with Crippen LogP contribution in [0.25, 0.3) is 21.7 Å². The highest BCUT2D eigenvalue weighted by Crippen LogP contribution is 2.34. The van der Waals surface area contributed by atoms with E-state index in [9.17, 15) is 24.6 Å². The van der Waals surface area contributed by atoms with Gasteiger partial charge >= 0.3 is 0 Å². The predicted octanol–water partition coefficient (Wildman–Crippen LogP) is 4.84. The summed E-state index contributed by atoms with van der Waals surface area (Å²) in [5.41, 5.74) is 12.1. The third kappa shape index (κ3) is 8.65. The minimum atomic E-state index is -0.902. The molecule has 6 N–H and O–H groups in total. The molecule has 0 saturated carbocycles. The van der Waals surface area contributed by atoms with E-state index in [0.717, 1.165) is 40.2 Å². The van der Waals surface area contributed by atoms with Crippen LogP contribution in [0.15, 0.2) is 60.1 Å². The van der Waals surface area contributed by atoms with Crippen LogP contribution in [-0.2, 0) is 14.4 Å². The number of benzene rings is 2. The number of nitrogens with zero attached hydrogens (tertiary/aromatic N) is 5. The summed E-state index contributed by atoms with van der Waals surface area (Å²) in [6.07, 6.45) is 0.945. The van der Waals surface area contributed by atoms with E-state index in [0.29, 0.717) is 30.2 Å². The molecule has 3 amide bonds. The maximum Gasteiger partial charge on any atom is 0.246 e. The smallest absolute Gasteiger partial charge is 0.246 e. The summed E-state index contributed by atoms with van der Waals surface area (Å²) in [5, 5.41) is 35.3. The first-order chi connectivity index (χ1) is 25.7. The second-order valence-electron chi connectivity index (χ2n) is 15.5. The molecule has 54 heavy (non-hydrogen) atoms. The zero-order valence-corrected chi connectivity index (χ0v) is 32.3. The highest BCUT2D eigenvalue weighted by atomic mass is 32.1. The van der Waals surface area contributed by atoms with Crippen molar-refractivity contribution in [3.8, 4) is 27.4 Å².